The molecule has 0 bridgehead atoms. The van der Waals surface area contributed by atoms with Crippen molar-refractivity contribution >= 4 is 81.2 Å². The molecular formula is C24H14Cl5N3O2. The molecule has 0 spiro atoms. The minimum absolute atomic E-state index is 0.154. The zero-order chi connectivity index (χ0) is 24.6. The van der Waals surface area contributed by atoms with Gasteiger partial charge in [0.05, 0.1) is 28.1 Å². The normalized spacial score (nSPS) is 18.0. The van der Waals surface area contributed by atoms with Crippen LogP contribution in [0.2, 0.25) is 15.1 Å². The van der Waals surface area contributed by atoms with E-state index >= 15 is 0 Å². The summed E-state index contributed by atoms with van der Waals surface area (Å²) in [5.74, 6) is -2.16. The van der Waals surface area contributed by atoms with Gasteiger partial charge in [0, 0.05) is 27.3 Å². The lowest BCUT2D eigenvalue weighted by atomic mass is 10.1. The van der Waals surface area contributed by atoms with Gasteiger partial charge >= 0.3 is 0 Å². The van der Waals surface area contributed by atoms with Gasteiger partial charge in [0.1, 0.15) is 4.33 Å². The van der Waals surface area contributed by atoms with Gasteiger partial charge in [0.2, 0.25) is 5.91 Å². The number of anilines is 2. The van der Waals surface area contributed by atoms with E-state index in [0.717, 1.165) is 0 Å². The second kappa shape index (κ2) is 9.65. The molecule has 2 amide bonds. The molecular weight excluding hydrogens is 540 g/mol. The van der Waals surface area contributed by atoms with E-state index in [4.69, 9.17) is 63.3 Å². The Hall–Kier alpha value is -2.46. The number of alkyl halides is 2. The van der Waals surface area contributed by atoms with Gasteiger partial charge in [-0.25, -0.2) is 0 Å². The fourth-order valence-electron chi connectivity index (χ4n) is 3.65. The Labute approximate surface area is 220 Å². The van der Waals surface area contributed by atoms with Crippen LogP contribution in [0.3, 0.4) is 0 Å². The molecule has 172 valence electrons. The van der Waals surface area contributed by atoms with Crippen molar-refractivity contribution in [2.75, 3.05) is 10.6 Å². The van der Waals surface area contributed by atoms with Gasteiger partial charge in [0.25, 0.3) is 5.91 Å². The molecule has 34 heavy (non-hydrogen) atoms. The molecule has 3 aromatic rings. The number of carbonyl (C=O) groups excluding carboxylic acids is 2. The Bertz CT molecular complexity index is 1320. The van der Waals surface area contributed by atoms with Crippen molar-refractivity contribution in [1.82, 2.24) is 0 Å². The number of carbonyl (C=O) groups is 2. The number of rotatable bonds is 5. The summed E-state index contributed by atoms with van der Waals surface area (Å²) >= 11 is 31.2. The monoisotopic (exact) mass is 551 g/mol. The van der Waals surface area contributed by atoms with E-state index in [1.807, 2.05) is 6.07 Å². The summed E-state index contributed by atoms with van der Waals surface area (Å²) in [6, 6.07) is 17.8. The Kier molecular flexibility index (Phi) is 7.00. The van der Waals surface area contributed by atoms with E-state index < -0.39 is 28.0 Å². The van der Waals surface area contributed by atoms with Crippen LogP contribution >= 0.6 is 58.0 Å². The summed E-state index contributed by atoms with van der Waals surface area (Å²) in [6.07, 6.45) is 0. The molecule has 0 unspecified atom stereocenters. The number of hydrogen-bond donors (Lipinski definition) is 2. The molecule has 0 radical (unpaired) electrons. The van der Waals surface area contributed by atoms with Crippen molar-refractivity contribution in [2.45, 2.75) is 10.3 Å². The Morgan fingerprint density at radius 2 is 1.47 bits per heavy atom. The average Bonchev–Trinajstić information content (AvgIpc) is 3.37. The first-order valence-electron chi connectivity index (χ1n) is 9.86. The van der Waals surface area contributed by atoms with Crippen LogP contribution in [0.15, 0.2) is 60.7 Å². The molecule has 1 aliphatic rings. The minimum Gasteiger partial charge on any atom is -0.326 e. The minimum atomic E-state index is -1.33. The van der Waals surface area contributed by atoms with Gasteiger partial charge in [-0.15, -0.1) is 23.2 Å². The van der Waals surface area contributed by atoms with E-state index in [9.17, 15) is 9.59 Å². The number of hydrogen-bond acceptors (Lipinski definition) is 3. The van der Waals surface area contributed by atoms with Crippen molar-refractivity contribution in [1.29, 1.82) is 5.26 Å². The van der Waals surface area contributed by atoms with Crippen molar-refractivity contribution < 1.29 is 9.59 Å². The topological polar surface area (TPSA) is 82.0 Å². The predicted molar refractivity (Wildman–Crippen MR) is 136 cm³/mol. The molecule has 0 heterocycles. The SMILES string of the molecule is N#Cc1ccc(NC(=O)c2cc(NC(=O)[C@H]3[C@H](c4cc(Cl)cc(Cl)c4)C3(Cl)Cl)ccc2Cl)cc1. The zero-order valence-corrected chi connectivity index (χ0v) is 20.9. The largest absolute Gasteiger partial charge is 0.326 e. The van der Waals surface area contributed by atoms with Crippen LogP contribution < -0.4 is 10.6 Å². The number of halogens is 5. The molecule has 0 saturated heterocycles. The first kappa shape index (κ1) is 24.7. The summed E-state index contributed by atoms with van der Waals surface area (Å²) in [7, 11) is 0. The molecule has 10 heteroatoms. The fourth-order valence-corrected chi connectivity index (χ4v) is 5.22. The van der Waals surface area contributed by atoms with E-state index in [2.05, 4.69) is 10.6 Å². The molecule has 2 N–H and O–H groups in total. The third-order valence-electron chi connectivity index (χ3n) is 5.33. The molecule has 2 atom stereocenters. The third kappa shape index (κ3) is 5.12. The van der Waals surface area contributed by atoms with Gasteiger partial charge in [0.15, 0.2) is 0 Å². The summed E-state index contributed by atoms with van der Waals surface area (Å²) in [4.78, 5) is 25.7. The maximum atomic E-state index is 13.0. The van der Waals surface area contributed by atoms with Gasteiger partial charge in [-0.05, 0) is 66.2 Å². The van der Waals surface area contributed by atoms with Gasteiger partial charge in [-0.3, -0.25) is 9.59 Å². The first-order chi connectivity index (χ1) is 16.1. The van der Waals surface area contributed by atoms with Crippen LogP contribution in [-0.2, 0) is 4.79 Å². The van der Waals surface area contributed by atoms with Crippen molar-refractivity contribution in [3.05, 3.63) is 92.4 Å². The first-order valence-corrected chi connectivity index (χ1v) is 11.7. The second-order valence-corrected chi connectivity index (χ2v) is 10.4. The van der Waals surface area contributed by atoms with Gasteiger partial charge in [-0.2, -0.15) is 5.26 Å². The highest BCUT2D eigenvalue weighted by Gasteiger charge is 2.67. The summed E-state index contributed by atoms with van der Waals surface area (Å²) in [6.45, 7) is 0. The van der Waals surface area contributed by atoms with E-state index in [1.54, 1.807) is 48.5 Å². The lowest BCUT2D eigenvalue weighted by Crippen LogP contribution is -2.18. The summed E-state index contributed by atoms with van der Waals surface area (Å²) in [5.41, 5.74) is 2.11. The molecule has 0 aliphatic heterocycles. The number of nitrogens with zero attached hydrogens (tertiary/aromatic N) is 1. The number of benzene rings is 3. The summed E-state index contributed by atoms with van der Waals surface area (Å²) < 4.78 is -1.33. The lowest BCUT2D eigenvalue weighted by molar-refractivity contribution is -0.117. The molecule has 1 fully saturated rings. The Morgan fingerprint density at radius 1 is 0.853 bits per heavy atom. The predicted octanol–water partition coefficient (Wildman–Crippen LogP) is 7.30. The number of nitriles is 1. The zero-order valence-electron chi connectivity index (χ0n) is 17.1. The highest BCUT2D eigenvalue weighted by molar-refractivity contribution is 6.53. The van der Waals surface area contributed by atoms with Gasteiger partial charge in [-0.1, -0.05) is 34.8 Å². The fraction of sp³-hybridized carbons (Fsp3) is 0.125. The van der Waals surface area contributed by atoms with Crippen molar-refractivity contribution in [3.63, 3.8) is 0 Å². The van der Waals surface area contributed by atoms with Gasteiger partial charge < -0.3 is 10.6 Å². The highest BCUT2D eigenvalue weighted by Crippen LogP contribution is 2.65. The van der Waals surface area contributed by atoms with Crippen LogP contribution in [0.1, 0.15) is 27.4 Å². The molecule has 1 aliphatic carbocycles. The smallest absolute Gasteiger partial charge is 0.257 e. The molecule has 3 aromatic carbocycles. The van der Waals surface area contributed by atoms with Crippen LogP contribution in [0.25, 0.3) is 0 Å². The second-order valence-electron chi connectivity index (χ2n) is 7.66. The third-order valence-corrected chi connectivity index (χ3v) is 7.04. The Balaban J connectivity index is 1.50. The molecule has 1 saturated carbocycles. The van der Waals surface area contributed by atoms with Crippen LogP contribution in [-0.4, -0.2) is 16.1 Å². The average molecular weight is 554 g/mol. The maximum Gasteiger partial charge on any atom is 0.257 e. The van der Waals surface area contributed by atoms with Crippen LogP contribution in [0.5, 0.6) is 0 Å². The quantitative estimate of drug-likeness (QED) is 0.325. The molecule has 0 aromatic heterocycles. The van der Waals surface area contributed by atoms with Crippen LogP contribution in [0, 0.1) is 17.2 Å². The number of nitrogens with one attached hydrogen (secondary N) is 2. The van der Waals surface area contributed by atoms with E-state index in [0.29, 0.717) is 32.5 Å². The van der Waals surface area contributed by atoms with Crippen molar-refractivity contribution in [2.24, 2.45) is 5.92 Å². The van der Waals surface area contributed by atoms with Crippen molar-refractivity contribution in [3.8, 4) is 6.07 Å². The molecule has 4 rings (SSSR count). The summed E-state index contributed by atoms with van der Waals surface area (Å²) in [5, 5.41) is 15.4. The number of amides is 2. The molecule has 5 nitrogen and oxygen atoms in total. The Morgan fingerprint density at radius 3 is 2.09 bits per heavy atom. The van der Waals surface area contributed by atoms with E-state index in [-0.39, 0.29) is 10.6 Å². The highest BCUT2D eigenvalue weighted by atomic mass is 35.5. The lowest BCUT2D eigenvalue weighted by Gasteiger charge is -2.10. The van der Waals surface area contributed by atoms with E-state index in [1.165, 1.54) is 12.1 Å². The maximum absolute atomic E-state index is 13.0. The van der Waals surface area contributed by atoms with Crippen LogP contribution in [0.4, 0.5) is 11.4 Å². The standard InChI is InChI=1S/C24H14Cl5N3O2/c25-14-7-13(8-15(26)9-14)20-21(24(20,28)29)23(34)32-17-5-6-19(27)18(10-17)22(33)31-16-3-1-12(11-30)2-4-16/h1-10,20-21H,(H,31,33)(H,32,34)/t20-,21+/m0/s1.